The molecule has 0 bridgehead atoms. The van der Waals surface area contributed by atoms with E-state index < -0.39 is 0 Å². The minimum atomic E-state index is -0.0427. The van der Waals surface area contributed by atoms with Crippen LogP contribution in [0.4, 0.5) is 0 Å². The number of quaternary nitrogens is 1. The van der Waals surface area contributed by atoms with Crippen molar-refractivity contribution < 1.29 is 4.90 Å². The summed E-state index contributed by atoms with van der Waals surface area (Å²) >= 11 is 0. The summed E-state index contributed by atoms with van der Waals surface area (Å²) in [6.45, 7) is 7.59. The Morgan fingerprint density at radius 2 is 1.78 bits per heavy atom. The monoisotopic (exact) mass is 362 g/mol. The van der Waals surface area contributed by atoms with Gasteiger partial charge >= 0.3 is 0 Å². The summed E-state index contributed by atoms with van der Waals surface area (Å²) in [5.41, 5.74) is 3.45. The van der Waals surface area contributed by atoms with Gasteiger partial charge in [-0.15, -0.1) is 0 Å². The van der Waals surface area contributed by atoms with Crippen LogP contribution in [0.25, 0.3) is 10.9 Å². The van der Waals surface area contributed by atoms with Crippen LogP contribution in [0, 0.1) is 0 Å². The first-order valence-corrected chi connectivity index (χ1v) is 9.96. The molecule has 27 heavy (non-hydrogen) atoms. The predicted molar refractivity (Wildman–Crippen MR) is 109 cm³/mol. The molecule has 0 radical (unpaired) electrons. The van der Waals surface area contributed by atoms with E-state index in [9.17, 15) is 4.79 Å². The molecule has 0 aliphatic heterocycles. The van der Waals surface area contributed by atoms with Crippen LogP contribution in [0.5, 0.6) is 0 Å². The maximum Gasteiger partial charge on any atom is 0.258 e. The number of hydrogen-bond donors (Lipinski definition) is 2. The zero-order valence-corrected chi connectivity index (χ0v) is 16.3. The topological polar surface area (TPSA) is 50.2 Å². The predicted octanol–water partition coefficient (Wildman–Crippen LogP) is 3.36. The normalized spacial score (nSPS) is 16.6. The van der Waals surface area contributed by atoms with Crippen molar-refractivity contribution >= 4 is 10.9 Å². The first kappa shape index (κ1) is 17.9. The Balaban J connectivity index is 1.61. The van der Waals surface area contributed by atoms with Gasteiger partial charge in [-0.2, -0.15) is 0 Å². The van der Waals surface area contributed by atoms with Crippen LogP contribution in [0.15, 0.2) is 53.3 Å². The molecule has 1 fully saturated rings. The molecule has 4 nitrogen and oxygen atoms in total. The number of fused-ring (bicyclic) bond motifs is 1. The number of nitrogens with one attached hydrogen (secondary N) is 2. The summed E-state index contributed by atoms with van der Waals surface area (Å²) in [6, 6.07) is 17.4. The molecule has 0 saturated heterocycles. The zero-order valence-electron chi connectivity index (χ0n) is 16.3. The second-order valence-electron chi connectivity index (χ2n) is 8.11. The molecular weight excluding hydrogens is 334 g/mol. The lowest BCUT2D eigenvalue weighted by molar-refractivity contribution is -0.954. The van der Waals surface area contributed by atoms with Crippen molar-refractivity contribution in [3.63, 3.8) is 0 Å². The van der Waals surface area contributed by atoms with Crippen LogP contribution in [0.1, 0.15) is 62.5 Å². The number of hydrogen-bond acceptors (Lipinski definition) is 2. The highest BCUT2D eigenvalue weighted by Crippen LogP contribution is 2.20. The van der Waals surface area contributed by atoms with E-state index in [0.717, 1.165) is 17.9 Å². The summed E-state index contributed by atoms with van der Waals surface area (Å²) in [4.78, 5) is 21.8. The molecule has 4 heteroatoms. The fourth-order valence-electron chi connectivity index (χ4n) is 3.85. The maximum absolute atomic E-state index is 12.5. The average Bonchev–Trinajstić information content (AvgIpc) is 3.51. The summed E-state index contributed by atoms with van der Waals surface area (Å²) in [7, 11) is 0. The second-order valence-corrected chi connectivity index (χ2v) is 8.11. The van der Waals surface area contributed by atoms with Crippen molar-refractivity contribution in [1.82, 2.24) is 9.97 Å². The van der Waals surface area contributed by atoms with E-state index in [1.807, 2.05) is 24.3 Å². The van der Waals surface area contributed by atoms with Gasteiger partial charge in [-0.05, 0) is 30.5 Å². The Bertz CT molecular complexity index is 986. The highest BCUT2D eigenvalue weighted by molar-refractivity contribution is 5.77. The van der Waals surface area contributed by atoms with Crippen LogP contribution < -0.4 is 10.5 Å². The number of aromatic amines is 1. The molecular formula is C23H28N3O+. The lowest BCUT2D eigenvalue weighted by atomic mass is 10.0. The molecule has 2 N–H and O–H groups in total. The molecule has 3 aromatic rings. The third-order valence-corrected chi connectivity index (χ3v) is 5.75. The van der Waals surface area contributed by atoms with E-state index in [-0.39, 0.29) is 11.6 Å². The number of para-hydroxylation sites is 1. The van der Waals surface area contributed by atoms with E-state index in [1.165, 1.54) is 28.9 Å². The fraction of sp³-hybridized carbons (Fsp3) is 0.391. The zero-order chi connectivity index (χ0) is 19.0. The molecule has 2 atom stereocenters. The quantitative estimate of drug-likeness (QED) is 0.706. The Morgan fingerprint density at radius 1 is 1.07 bits per heavy atom. The van der Waals surface area contributed by atoms with Crippen LogP contribution in [0.2, 0.25) is 0 Å². The number of benzene rings is 2. The number of H-pyrrole nitrogens is 1. The van der Waals surface area contributed by atoms with Gasteiger partial charge in [0.05, 0.1) is 16.9 Å². The Hall–Kier alpha value is -2.46. The minimum absolute atomic E-state index is 0.0427. The molecule has 1 heterocycles. The molecule has 140 valence electrons. The third-order valence-electron chi connectivity index (χ3n) is 5.75. The number of aromatic nitrogens is 2. The first-order chi connectivity index (χ1) is 13.0. The van der Waals surface area contributed by atoms with E-state index >= 15 is 0 Å². The summed E-state index contributed by atoms with van der Waals surface area (Å²) in [5, 5.41) is 0.658. The molecule has 1 aliphatic carbocycles. The Labute approximate surface area is 160 Å². The molecule has 1 aliphatic rings. The summed E-state index contributed by atoms with van der Waals surface area (Å²) in [6.07, 6.45) is 2.50. The van der Waals surface area contributed by atoms with Gasteiger partial charge in [0.2, 0.25) is 0 Å². The molecule has 1 saturated carbocycles. The van der Waals surface area contributed by atoms with Gasteiger partial charge in [0.1, 0.15) is 12.6 Å². The Kier molecular flexibility index (Phi) is 4.83. The highest BCUT2D eigenvalue weighted by atomic mass is 16.1. The summed E-state index contributed by atoms with van der Waals surface area (Å²) in [5.74, 6) is 1.34. The van der Waals surface area contributed by atoms with Gasteiger partial charge in [-0.25, -0.2) is 4.98 Å². The van der Waals surface area contributed by atoms with E-state index in [0.29, 0.717) is 17.3 Å². The van der Waals surface area contributed by atoms with E-state index in [2.05, 4.69) is 50.0 Å². The largest absolute Gasteiger partial charge is 0.320 e. The van der Waals surface area contributed by atoms with Gasteiger partial charge in [-0.1, -0.05) is 50.2 Å². The van der Waals surface area contributed by atoms with Crippen molar-refractivity contribution in [3.8, 4) is 0 Å². The fourth-order valence-corrected chi connectivity index (χ4v) is 3.85. The molecule has 0 amide bonds. The van der Waals surface area contributed by atoms with Gasteiger partial charge < -0.3 is 9.88 Å². The lowest BCUT2D eigenvalue weighted by Crippen LogP contribution is -3.12. The van der Waals surface area contributed by atoms with Crippen LogP contribution >= 0.6 is 0 Å². The van der Waals surface area contributed by atoms with Crippen LogP contribution in [-0.2, 0) is 6.54 Å². The maximum atomic E-state index is 12.5. The Morgan fingerprint density at radius 3 is 2.44 bits per heavy atom. The van der Waals surface area contributed by atoms with Gasteiger partial charge in [0, 0.05) is 18.4 Å². The minimum Gasteiger partial charge on any atom is -0.320 e. The molecule has 1 unspecified atom stereocenters. The smallest absolute Gasteiger partial charge is 0.258 e. The van der Waals surface area contributed by atoms with Crippen molar-refractivity contribution in [3.05, 3.63) is 75.8 Å². The SMILES string of the molecule is CC(C)c1ccc(C[NH+](C2CC2)[C@H](C)c2nc3ccccc3c(=O)[nH]2)cc1. The van der Waals surface area contributed by atoms with Gasteiger partial charge in [-0.3, -0.25) is 4.79 Å². The number of rotatable bonds is 6. The van der Waals surface area contributed by atoms with Crippen molar-refractivity contribution in [2.24, 2.45) is 0 Å². The van der Waals surface area contributed by atoms with Crippen molar-refractivity contribution in [1.29, 1.82) is 0 Å². The van der Waals surface area contributed by atoms with Crippen molar-refractivity contribution in [2.45, 2.75) is 58.2 Å². The second kappa shape index (κ2) is 7.28. The van der Waals surface area contributed by atoms with E-state index in [4.69, 9.17) is 4.98 Å². The van der Waals surface area contributed by atoms with E-state index in [1.54, 1.807) is 0 Å². The number of nitrogens with zero attached hydrogens (tertiary/aromatic N) is 1. The van der Waals surface area contributed by atoms with Crippen LogP contribution in [0.3, 0.4) is 0 Å². The molecule has 4 rings (SSSR count). The molecule has 2 aromatic carbocycles. The lowest BCUT2D eigenvalue weighted by Gasteiger charge is -2.26. The molecule has 0 spiro atoms. The molecule has 1 aromatic heterocycles. The average molecular weight is 362 g/mol. The van der Waals surface area contributed by atoms with Gasteiger partial charge in [0.25, 0.3) is 5.56 Å². The first-order valence-electron chi connectivity index (χ1n) is 9.96. The van der Waals surface area contributed by atoms with Gasteiger partial charge in [0.15, 0.2) is 5.82 Å². The van der Waals surface area contributed by atoms with Crippen LogP contribution in [-0.4, -0.2) is 16.0 Å². The highest BCUT2D eigenvalue weighted by Gasteiger charge is 2.38. The summed E-state index contributed by atoms with van der Waals surface area (Å²) < 4.78 is 0. The standard InChI is InChI=1S/C23H27N3O/c1-15(2)18-10-8-17(9-11-18)14-26(19-12-13-19)16(3)22-24-21-7-5-4-6-20(21)23(27)25-22/h4-11,15-16,19H,12-14H2,1-3H3,(H,24,25,27)/p+1/t16-/m1/s1. The van der Waals surface area contributed by atoms with Crippen molar-refractivity contribution in [2.75, 3.05) is 0 Å². The third kappa shape index (κ3) is 3.81.